The number of amides is 2. The first kappa shape index (κ1) is 15.5. The van der Waals surface area contributed by atoms with Gasteiger partial charge < -0.3 is 10.2 Å². The Morgan fingerprint density at radius 1 is 1.33 bits per heavy atom. The highest BCUT2D eigenvalue weighted by Gasteiger charge is 2.24. The second kappa shape index (κ2) is 7.20. The highest BCUT2D eigenvalue weighted by Crippen LogP contribution is 2.11. The largest absolute Gasteiger partial charge is 0.341 e. The van der Waals surface area contributed by atoms with Crippen molar-refractivity contribution in [3.63, 3.8) is 0 Å². The first-order valence-corrected chi connectivity index (χ1v) is 7.66. The molecule has 2 heterocycles. The van der Waals surface area contributed by atoms with Gasteiger partial charge in [-0.1, -0.05) is 6.92 Å². The second-order valence-electron chi connectivity index (χ2n) is 5.47. The van der Waals surface area contributed by atoms with Gasteiger partial charge in [-0.3, -0.25) is 14.6 Å². The molecule has 0 aliphatic carbocycles. The molecule has 0 aromatic carbocycles. The van der Waals surface area contributed by atoms with Crippen LogP contribution in [0.15, 0.2) is 18.5 Å². The number of aromatic nitrogens is 1. The minimum absolute atomic E-state index is 0.00940. The van der Waals surface area contributed by atoms with E-state index in [1.807, 2.05) is 11.8 Å². The van der Waals surface area contributed by atoms with Crippen LogP contribution in [0.4, 0.5) is 0 Å². The molecule has 0 bridgehead atoms. The highest BCUT2D eigenvalue weighted by atomic mass is 16.2. The van der Waals surface area contributed by atoms with E-state index in [0.717, 1.165) is 37.9 Å². The Balaban J connectivity index is 1.99. The van der Waals surface area contributed by atoms with Crippen molar-refractivity contribution in [2.75, 3.05) is 13.1 Å². The van der Waals surface area contributed by atoms with E-state index in [-0.39, 0.29) is 11.8 Å². The van der Waals surface area contributed by atoms with Crippen LogP contribution in [0.3, 0.4) is 0 Å². The van der Waals surface area contributed by atoms with Gasteiger partial charge in [-0.2, -0.15) is 0 Å². The van der Waals surface area contributed by atoms with Gasteiger partial charge in [0.1, 0.15) is 6.04 Å². The molecule has 1 atom stereocenters. The summed E-state index contributed by atoms with van der Waals surface area (Å²) in [5.41, 5.74) is 1.50. The fourth-order valence-electron chi connectivity index (χ4n) is 2.65. The second-order valence-corrected chi connectivity index (χ2v) is 5.47. The number of nitrogens with one attached hydrogen (secondary N) is 1. The summed E-state index contributed by atoms with van der Waals surface area (Å²) < 4.78 is 0. The maximum absolute atomic E-state index is 12.3. The molecule has 21 heavy (non-hydrogen) atoms. The molecule has 0 radical (unpaired) electrons. The zero-order chi connectivity index (χ0) is 15.2. The predicted octanol–water partition coefficient (Wildman–Crippen LogP) is 1.77. The molecule has 5 heteroatoms. The number of aryl methyl sites for hydroxylation is 1. The quantitative estimate of drug-likeness (QED) is 0.919. The number of carbonyl (C=O) groups is 2. The van der Waals surface area contributed by atoms with Crippen molar-refractivity contribution >= 4 is 11.8 Å². The topological polar surface area (TPSA) is 62.3 Å². The lowest BCUT2D eigenvalue weighted by Crippen LogP contribution is -2.48. The average molecular weight is 289 g/mol. The van der Waals surface area contributed by atoms with Gasteiger partial charge in [0.2, 0.25) is 5.91 Å². The van der Waals surface area contributed by atoms with E-state index in [1.165, 1.54) is 6.42 Å². The Bertz CT molecular complexity index is 510. The first-order chi connectivity index (χ1) is 10.1. The van der Waals surface area contributed by atoms with E-state index in [9.17, 15) is 9.59 Å². The van der Waals surface area contributed by atoms with Crippen LogP contribution < -0.4 is 5.32 Å². The van der Waals surface area contributed by atoms with Crippen LogP contribution in [0.25, 0.3) is 0 Å². The zero-order valence-electron chi connectivity index (χ0n) is 12.8. The molecular weight excluding hydrogens is 266 g/mol. The Labute approximate surface area is 125 Å². The molecular formula is C16H23N3O2. The van der Waals surface area contributed by atoms with Gasteiger partial charge in [-0.25, -0.2) is 0 Å². The van der Waals surface area contributed by atoms with Crippen molar-refractivity contribution in [2.45, 2.75) is 45.6 Å². The summed E-state index contributed by atoms with van der Waals surface area (Å²) in [7, 11) is 0. The smallest absolute Gasteiger partial charge is 0.252 e. The summed E-state index contributed by atoms with van der Waals surface area (Å²) in [6.45, 7) is 5.33. The van der Waals surface area contributed by atoms with E-state index in [2.05, 4.69) is 10.3 Å². The maximum Gasteiger partial charge on any atom is 0.252 e. The molecule has 1 aliphatic heterocycles. The molecule has 114 valence electrons. The third kappa shape index (κ3) is 3.80. The number of pyridine rings is 1. The summed E-state index contributed by atoms with van der Waals surface area (Å²) in [6.07, 6.45) is 7.33. The third-order valence-corrected chi connectivity index (χ3v) is 3.91. The van der Waals surface area contributed by atoms with Crippen LogP contribution in [0, 0.1) is 0 Å². The lowest BCUT2D eigenvalue weighted by Gasteiger charge is -2.29. The number of likely N-dealkylation sites (tertiary alicyclic amines) is 1. The van der Waals surface area contributed by atoms with E-state index in [1.54, 1.807) is 25.4 Å². The van der Waals surface area contributed by atoms with Gasteiger partial charge >= 0.3 is 0 Å². The maximum atomic E-state index is 12.3. The minimum atomic E-state index is -0.492. The fourth-order valence-corrected chi connectivity index (χ4v) is 2.65. The van der Waals surface area contributed by atoms with Gasteiger partial charge in [0.05, 0.1) is 0 Å². The standard InChI is InChI=1S/C16H23N3O2/c1-3-13-11-17-8-7-14(13)15(20)18-12(2)16(21)19-9-5-4-6-10-19/h7-8,11-12H,3-6,9-10H2,1-2H3,(H,18,20)/t12-/m1/s1. The number of hydrogen-bond donors (Lipinski definition) is 1. The Hall–Kier alpha value is -1.91. The summed E-state index contributed by atoms with van der Waals surface area (Å²) in [4.78, 5) is 30.5. The van der Waals surface area contributed by atoms with Crippen LogP contribution in [0.5, 0.6) is 0 Å². The SMILES string of the molecule is CCc1cnccc1C(=O)N[C@H](C)C(=O)N1CCCCC1. The molecule has 2 amide bonds. The first-order valence-electron chi connectivity index (χ1n) is 7.66. The van der Waals surface area contributed by atoms with Gasteiger partial charge in [-0.15, -0.1) is 0 Å². The van der Waals surface area contributed by atoms with Crippen LogP contribution >= 0.6 is 0 Å². The zero-order valence-corrected chi connectivity index (χ0v) is 12.8. The molecule has 1 N–H and O–H groups in total. The monoisotopic (exact) mass is 289 g/mol. The molecule has 1 aromatic heterocycles. The van der Waals surface area contributed by atoms with Crippen LogP contribution in [-0.2, 0) is 11.2 Å². The van der Waals surface area contributed by atoms with Crippen LogP contribution in [0.2, 0.25) is 0 Å². The normalized spacial score (nSPS) is 16.4. The van der Waals surface area contributed by atoms with Gasteiger partial charge in [-0.05, 0) is 44.2 Å². The number of carbonyl (C=O) groups excluding carboxylic acids is 2. The van der Waals surface area contributed by atoms with E-state index >= 15 is 0 Å². The van der Waals surface area contributed by atoms with Gasteiger partial charge in [0.15, 0.2) is 0 Å². The summed E-state index contributed by atoms with van der Waals surface area (Å²) in [5.74, 6) is -0.192. The van der Waals surface area contributed by atoms with Crippen molar-refractivity contribution in [1.29, 1.82) is 0 Å². The molecule has 1 aromatic rings. The molecule has 5 nitrogen and oxygen atoms in total. The van der Waals surface area contributed by atoms with Gasteiger partial charge in [0.25, 0.3) is 5.91 Å². The number of rotatable bonds is 4. The van der Waals surface area contributed by atoms with Crippen LogP contribution in [0.1, 0.15) is 49.0 Å². The van der Waals surface area contributed by atoms with Crippen molar-refractivity contribution in [1.82, 2.24) is 15.2 Å². The lowest BCUT2D eigenvalue weighted by molar-refractivity contribution is -0.133. The molecule has 2 rings (SSSR count). The van der Waals surface area contributed by atoms with Crippen molar-refractivity contribution < 1.29 is 9.59 Å². The summed E-state index contributed by atoms with van der Waals surface area (Å²) >= 11 is 0. The number of hydrogen-bond acceptors (Lipinski definition) is 3. The minimum Gasteiger partial charge on any atom is -0.341 e. The lowest BCUT2D eigenvalue weighted by atomic mass is 10.1. The highest BCUT2D eigenvalue weighted by molar-refractivity contribution is 5.98. The molecule has 1 fully saturated rings. The molecule has 0 saturated carbocycles. The molecule has 0 unspecified atom stereocenters. The van der Waals surface area contributed by atoms with E-state index < -0.39 is 6.04 Å². The summed E-state index contributed by atoms with van der Waals surface area (Å²) in [6, 6.07) is 1.21. The molecule has 1 aliphatic rings. The van der Waals surface area contributed by atoms with Crippen molar-refractivity contribution in [2.24, 2.45) is 0 Å². The predicted molar refractivity (Wildman–Crippen MR) is 81.0 cm³/mol. The Morgan fingerprint density at radius 2 is 2.05 bits per heavy atom. The van der Waals surface area contributed by atoms with E-state index in [4.69, 9.17) is 0 Å². The van der Waals surface area contributed by atoms with E-state index in [0.29, 0.717) is 5.56 Å². The Kier molecular flexibility index (Phi) is 5.31. The van der Waals surface area contributed by atoms with Crippen molar-refractivity contribution in [3.05, 3.63) is 29.6 Å². The Morgan fingerprint density at radius 3 is 2.71 bits per heavy atom. The third-order valence-electron chi connectivity index (χ3n) is 3.91. The van der Waals surface area contributed by atoms with Gasteiger partial charge in [0, 0.05) is 31.0 Å². The van der Waals surface area contributed by atoms with Crippen LogP contribution in [-0.4, -0.2) is 40.8 Å². The number of nitrogens with zero attached hydrogens (tertiary/aromatic N) is 2. The number of piperidine rings is 1. The van der Waals surface area contributed by atoms with Crippen molar-refractivity contribution in [3.8, 4) is 0 Å². The average Bonchev–Trinajstić information content (AvgIpc) is 2.54. The molecule has 1 saturated heterocycles. The summed E-state index contributed by atoms with van der Waals surface area (Å²) in [5, 5.41) is 2.81. The fraction of sp³-hybridized carbons (Fsp3) is 0.562. The molecule has 0 spiro atoms.